The average molecular weight is 589 g/mol. The molecule has 0 bridgehead atoms. The van der Waals surface area contributed by atoms with Gasteiger partial charge in [-0.3, -0.25) is 0 Å². The number of nitrogens with zero attached hydrogens (tertiary/aromatic N) is 4. The molecule has 6 nitrogen and oxygen atoms in total. The summed E-state index contributed by atoms with van der Waals surface area (Å²) in [6.45, 7) is 6.17. The molecule has 0 saturated carbocycles. The van der Waals surface area contributed by atoms with Gasteiger partial charge >= 0.3 is 5.97 Å². The van der Waals surface area contributed by atoms with Gasteiger partial charge in [-0.2, -0.15) is 15.3 Å². The van der Waals surface area contributed by atoms with Gasteiger partial charge in [-0.1, -0.05) is 55.5 Å². The lowest BCUT2D eigenvalue weighted by atomic mass is 10.1. The SMILES string of the molecule is CCCS(C)(C)c1ccc(C(=O)Oc2ccc3ccccc3c2/N=N/c2ccc(/N=N/c3ccccc3C)cc2C)cc1. The number of esters is 1. The Hall–Kier alpha value is -4.62. The molecule has 0 unspecified atom stereocenters. The summed E-state index contributed by atoms with van der Waals surface area (Å²) in [4.78, 5) is 14.5. The Labute approximate surface area is 254 Å². The first-order valence-electron chi connectivity index (χ1n) is 14.3. The highest BCUT2D eigenvalue weighted by Gasteiger charge is 2.17. The van der Waals surface area contributed by atoms with Crippen LogP contribution in [0, 0.1) is 13.8 Å². The maximum Gasteiger partial charge on any atom is 0.343 e. The standard InChI is InChI=1S/C36H36N4O2S/c1-6-23-43(4,5)30-19-15-28(16-20-30)36(41)42-34-22-17-27-12-8-9-13-31(27)35(34)40-39-33-21-18-29(24-26(33)3)37-38-32-14-10-7-11-25(32)2/h7-22,24H,6,23H2,1-5H3/b38-37+,40-39+. The Bertz CT molecular complexity index is 1830. The Morgan fingerprint density at radius 3 is 2.16 bits per heavy atom. The van der Waals surface area contributed by atoms with Gasteiger partial charge in [0.1, 0.15) is 5.69 Å². The second-order valence-electron chi connectivity index (χ2n) is 10.9. The van der Waals surface area contributed by atoms with Crippen LogP contribution < -0.4 is 4.74 Å². The molecule has 0 atom stereocenters. The number of hydrogen-bond acceptors (Lipinski definition) is 6. The molecule has 0 N–H and O–H groups in total. The molecule has 0 aromatic heterocycles. The van der Waals surface area contributed by atoms with E-state index in [0.717, 1.165) is 45.4 Å². The summed E-state index contributed by atoms with van der Waals surface area (Å²) in [5, 5.41) is 19.8. The fourth-order valence-corrected chi connectivity index (χ4v) is 7.00. The normalized spacial score (nSPS) is 12.3. The highest BCUT2D eigenvalue weighted by atomic mass is 32.3. The van der Waals surface area contributed by atoms with Crippen molar-refractivity contribution in [2.24, 2.45) is 20.5 Å². The number of rotatable bonds is 9. The number of carbonyl (C=O) groups is 1. The third kappa shape index (κ3) is 7.07. The van der Waals surface area contributed by atoms with E-state index in [1.54, 1.807) is 6.07 Å². The number of hydrogen-bond donors (Lipinski definition) is 0. The predicted molar refractivity (Wildman–Crippen MR) is 179 cm³/mol. The molecule has 0 heterocycles. The van der Waals surface area contributed by atoms with Crippen molar-refractivity contribution in [2.45, 2.75) is 32.1 Å². The zero-order chi connectivity index (χ0) is 30.4. The first-order chi connectivity index (χ1) is 20.7. The van der Waals surface area contributed by atoms with Crippen molar-refractivity contribution in [3.63, 3.8) is 0 Å². The van der Waals surface area contributed by atoms with Crippen LogP contribution >= 0.6 is 10.0 Å². The number of benzene rings is 5. The molecule has 0 radical (unpaired) electrons. The molecule has 0 aliphatic heterocycles. The van der Waals surface area contributed by atoms with Crippen molar-refractivity contribution in [1.82, 2.24) is 0 Å². The molecule has 7 heteroatoms. The minimum atomic E-state index is -0.891. The highest BCUT2D eigenvalue weighted by molar-refractivity contribution is 8.32. The van der Waals surface area contributed by atoms with Crippen molar-refractivity contribution in [3.05, 3.63) is 120 Å². The molecule has 43 heavy (non-hydrogen) atoms. The van der Waals surface area contributed by atoms with Crippen LogP contribution in [0.2, 0.25) is 0 Å². The van der Waals surface area contributed by atoms with E-state index in [9.17, 15) is 4.79 Å². The maximum atomic E-state index is 13.2. The van der Waals surface area contributed by atoms with E-state index in [2.05, 4.69) is 52.0 Å². The molecular weight excluding hydrogens is 552 g/mol. The van der Waals surface area contributed by atoms with Crippen molar-refractivity contribution < 1.29 is 9.53 Å². The van der Waals surface area contributed by atoms with Crippen LogP contribution in [0.4, 0.5) is 22.7 Å². The maximum absolute atomic E-state index is 13.2. The lowest BCUT2D eigenvalue weighted by Gasteiger charge is -2.31. The van der Waals surface area contributed by atoms with E-state index in [1.807, 2.05) is 98.8 Å². The molecule has 5 rings (SSSR count). The summed E-state index contributed by atoms with van der Waals surface area (Å²) in [5.74, 6) is 1.08. The molecular formula is C36H36N4O2S. The summed E-state index contributed by atoms with van der Waals surface area (Å²) in [6.07, 6.45) is 5.75. The Kier molecular flexibility index (Phi) is 9.12. The van der Waals surface area contributed by atoms with Crippen molar-refractivity contribution in [2.75, 3.05) is 18.3 Å². The van der Waals surface area contributed by atoms with Gasteiger partial charge in [-0.15, -0.1) is 5.11 Å². The van der Waals surface area contributed by atoms with Crippen molar-refractivity contribution in [3.8, 4) is 5.75 Å². The molecule has 0 amide bonds. The van der Waals surface area contributed by atoms with Crippen LogP contribution in [-0.2, 0) is 0 Å². The highest BCUT2D eigenvalue weighted by Crippen LogP contribution is 2.49. The third-order valence-corrected chi connectivity index (χ3v) is 10.3. The molecule has 0 fully saturated rings. The molecule has 0 aliphatic carbocycles. The average Bonchev–Trinajstić information content (AvgIpc) is 3.00. The summed E-state index contributed by atoms with van der Waals surface area (Å²) in [7, 11) is -0.891. The van der Waals surface area contributed by atoms with Gasteiger partial charge in [0.2, 0.25) is 0 Å². The lowest BCUT2D eigenvalue weighted by Crippen LogP contribution is -2.09. The first kappa shape index (κ1) is 29.9. The van der Waals surface area contributed by atoms with Gasteiger partial charge in [-0.25, -0.2) is 14.8 Å². The van der Waals surface area contributed by atoms with E-state index < -0.39 is 16.0 Å². The predicted octanol–water partition coefficient (Wildman–Crippen LogP) is 11.3. The lowest BCUT2D eigenvalue weighted by molar-refractivity contribution is 0.0735. The third-order valence-electron chi connectivity index (χ3n) is 7.34. The number of carbonyl (C=O) groups excluding carboxylic acids is 1. The molecule has 0 spiro atoms. The van der Waals surface area contributed by atoms with Crippen LogP contribution in [0.1, 0.15) is 34.8 Å². The zero-order valence-corrected chi connectivity index (χ0v) is 26.1. The van der Waals surface area contributed by atoms with E-state index in [0.29, 0.717) is 22.7 Å². The minimum Gasteiger partial charge on any atom is -0.421 e. The van der Waals surface area contributed by atoms with Crippen LogP contribution in [0.15, 0.2) is 128 Å². The number of ether oxygens (including phenoxy) is 1. The smallest absolute Gasteiger partial charge is 0.343 e. The topological polar surface area (TPSA) is 75.7 Å². The van der Waals surface area contributed by atoms with Gasteiger partial charge in [0.15, 0.2) is 5.75 Å². The van der Waals surface area contributed by atoms with Gasteiger partial charge in [-0.05, 0) is 115 Å². The summed E-state index contributed by atoms with van der Waals surface area (Å²) >= 11 is 0. The molecule has 5 aromatic carbocycles. The van der Waals surface area contributed by atoms with Gasteiger partial charge < -0.3 is 4.74 Å². The quantitative estimate of drug-likeness (QED) is 0.0975. The minimum absolute atomic E-state index is 0.356. The fraction of sp³-hybridized carbons (Fsp3) is 0.194. The monoisotopic (exact) mass is 588 g/mol. The Morgan fingerprint density at radius 2 is 1.42 bits per heavy atom. The van der Waals surface area contributed by atoms with Gasteiger partial charge in [0.05, 0.1) is 22.6 Å². The van der Waals surface area contributed by atoms with Gasteiger partial charge in [0.25, 0.3) is 0 Å². The largest absolute Gasteiger partial charge is 0.421 e. The molecule has 218 valence electrons. The summed E-state index contributed by atoms with van der Waals surface area (Å²) in [6, 6.07) is 32.9. The second kappa shape index (κ2) is 13.1. The fourth-order valence-electron chi connectivity index (χ4n) is 4.87. The number of aryl methyl sites for hydroxylation is 2. The van der Waals surface area contributed by atoms with Crippen molar-refractivity contribution in [1.29, 1.82) is 0 Å². The Morgan fingerprint density at radius 1 is 0.721 bits per heavy atom. The number of fused-ring (bicyclic) bond motifs is 1. The van der Waals surface area contributed by atoms with Crippen LogP contribution in [0.5, 0.6) is 5.75 Å². The van der Waals surface area contributed by atoms with E-state index in [4.69, 9.17) is 4.74 Å². The van der Waals surface area contributed by atoms with Crippen LogP contribution in [0.3, 0.4) is 0 Å². The second-order valence-corrected chi connectivity index (χ2v) is 14.9. The van der Waals surface area contributed by atoms with E-state index in [-0.39, 0.29) is 0 Å². The van der Waals surface area contributed by atoms with Gasteiger partial charge in [0, 0.05) is 5.39 Å². The first-order valence-corrected chi connectivity index (χ1v) is 16.9. The summed E-state index contributed by atoms with van der Waals surface area (Å²) < 4.78 is 5.92. The summed E-state index contributed by atoms with van der Waals surface area (Å²) in [5.41, 5.74) is 5.21. The number of azo groups is 2. The van der Waals surface area contributed by atoms with Crippen LogP contribution in [-0.4, -0.2) is 24.2 Å². The van der Waals surface area contributed by atoms with E-state index >= 15 is 0 Å². The van der Waals surface area contributed by atoms with Crippen LogP contribution in [0.25, 0.3) is 10.8 Å². The molecule has 5 aromatic rings. The molecule has 0 aliphatic rings. The zero-order valence-electron chi connectivity index (χ0n) is 25.2. The Balaban J connectivity index is 1.41. The molecule has 0 saturated heterocycles. The van der Waals surface area contributed by atoms with Crippen molar-refractivity contribution >= 4 is 49.5 Å². The van der Waals surface area contributed by atoms with E-state index in [1.165, 1.54) is 4.90 Å².